The molecule has 0 radical (unpaired) electrons. The second-order valence-corrected chi connectivity index (χ2v) is 10.4. The van der Waals surface area contributed by atoms with Crippen LogP contribution in [0.2, 0.25) is 0 Å². The molecule has 33 heavy (non-hydrogen) atoms. The molecule has 0 saturated carbocycles. The van der Waals surface area contributed by atoms with Crippen LogP contribution in [0.3, 0.4) is 0 Å². The lowest BCUT2D eigenvalue weighted by atomic mass is 9.70. The zero-order valence-electron chi connectivity index (χ0n) is 19.7. The normalized spacial score (nSPS) is 27.5. The van der Waals surface area contributed by atoms with E-state index in [1.165, 1.54) is 18.7 Å². The maximum absolute atomic E-state index is 14.2. The van der Waals surface area contributed by atoms with Crippen LogP contribution in [-0.2, 0) is 11.2 Å². The zero-order chi connectivity index (χ0) is 23.2. The summed E-state index contributed by atoms with van der Waals surface area (Å²) in [6.07, 6.45) is 3.77. The van der Waals surface area contributed by atoms with Crippen molar-refractivity contribution in [2.45, 2.75) is 51.7 Å². The van der Waals surface area contributed by atoms with Gasteiger partial charge in [-0.3, -0.25) is 4.90 Å². The lowest BCUT2D eigenvalue weighted by Gasteiger charge is -2.44. The molecule has 2 aromatic rings. The largest absolute Gasteiger partial charge is 0.494 e. The number of halogens is 1. The molecule has 2 atom stereocenters. The third-order valence-corrected chi connectivity index (χ3v) is 7.88. The van der Waals surface area contributed by atoms with Crippen LogP contribution < -0.4 is 10.1 Å². The minimum Gasteiger partial charge on any atom is -0.494 e. The molecule has 0 aromatic heterocycles. The van der Waals surface area contributed by atoms with Gasteiger partial charge in [0.05, 0.1) is 13.2 Å². The highest BCUT2D eigenvalue weighted by Gasteiger charge is 2.40. The van der Waals surface area contributed by atoms with Crippen molar-refractivity contribution in [3.8, 4) is 16.9 Å². The summed E-state index contributed by atoms with van der Waals surface area (Å²) in [5.74, 6) is 0.355. The van der Waals surface area contributed by atoms with Gasteiger partial charge in [-0.05, 0) is 84.5 Å². The summed E-state index contributed by atoms with van der Waals surface area (Å²) in [6, 6.07) is 11.1. The Kier molecular flexibility index (Phi) is 5.81. The number of carbonyl (C=O) groups is 1. The second-order valence-electron chi connectivity index (χ2n) is 10.4. The topological polar surface area (TPSA) is 50.8 Å². The van der Waals surface area contributed by atoms with Gasteiger partial charge in [0, 0.05) is 6.54 Å². The first-order chi connectivity index (χ1) is 15.8. The molecule has 3 fully saturated rings. The second kappa shape index (κ2) is 8.64. The summed E-state index contributed by atoms with van der Waals surface area (Å²) in [5.41, 5.74) is 4.00. The summed E-state index contributed by atoms with van der Waals surface area (Å²) in [4.78, 5) is 15.3. The molecule has 2 bridgehead atoms. The van der Waals surface area contributed by atoms with Crippen molar-refractivity contribution in [2.75, 3.05) is 26.7 Å². The third-order valence-electron chi connectivity index (χ3n) is 7.88. The van der Waals surface area contributed by atoms with Gasteiger partial charge in [0.15, 0.2) is 11.6 Å². The van der Waals surface area contributed by atoms with E-state index < -0.39 is 0 Å². The molecule has 3 heterocycles. The van der Waals surface area contributed by atoms with E-state index in [1.54, 1.807) is 6.07 Å². The Bertz CT molecular complexity index is 1050. The van der Waals surface area contributed by atoms with E-state index in [-0.39, 0.29) is 35.2 Å². The molecule has 3 saturated heterocycles. The number of hydrogen-bond acceptors (Lipinski definition) is 4. The number of piperidine rings is 3. The predicted molar refractivity (Wildman–Crippen MR) is 126 cm³/mol. The Morgan fingerprint density at radius 1 is 1.12 bits per heavy atom. The highest BCUT2D eigenvalue weighted by molar-refractivity contribution is 5.70. The molecular formula is C27H33FN2O3. The number of hydrogen-bond donors (Lipinski definition) is 1. The predicted octanol–water partition coefficient (Wildman–Crippen LogP) is 5.34. The first-order valence-electron chi connectivity index (χ1n) is 12.0. The number of nitrogens with one attached hydrogen (secondary N) is 1. The number of aryl methyl sites for hydroxylation is 1. The molecule has 4 aliphatic rings. The number of benzene rings is 2. The van der Waals surface area contributed by atoms with Gasteiger partial charge in [0.2, 0.25) is 0 Å². The number of rotatable bonds is 4. The van der Waals surface area contributed by atoms with Crippen LogP contribution in [-0.4, -0.2) is 43.8 Å². The third kappa shape index (κ3) is 4.33. The minimum atomic E-state index is -0.371. The SMILES string of the molecule is COc1ccc(-c2ccc3c(c2)CCC(C)(C)C3NC(=O)O[C@@H]2CN3CCC2CC3)cc1F. The zero-order valence-corrected chi connectivity index (χ0v) is 19.7. The van der Waals surface area contributed by atoms with E-state index in [0.717, 1.165) is 62.0 Å². The maximum Gasteiger partial charge on any atom is 0.407 e. The van der Waals surface area contributed by atoms with E-state index in [4.69, 9.17) is 9.47 Å². The highest BCUT2D eigenvalue weighted by atomic mass is 19.1. The first kappa shape index (κ1) is 22.2. The number of nitrogens with zero attached hydrogens (tertiary/aromatic N) is 1. The summed E-state index contributed by atoms with van der Waals surface area (Å²) < 4.78 is 25.2. The molecule has 1 unspecified atom stereocenters. The Labute approximate surface area is 195 Å². The molecular weight excluding hydrogens is 419 g/mol. The number of carbonyl (C=O) groups excluding carboxylic acids is 1. The van der Waals surface area contributed by atoms with Crippen molar-refractivity contribution >= 4 is 6.09 Å². The van der Waals surface area contributed by atoms with E-state index in [2.05, 4.69) is 36.2 Å². The monoisotopic (exact) mass is 452 g/mol. The quantitative estimate of drug-likeness (QED) is 0.681. The van der Waals surface area contributed by atoms with Crippen LogP contribution in [0, 0.1) is 17.2 Å². The van der Waals surface area contributed by atoms with Crippen molar-refractivity contribution in [3.63, 3.8) is 0 Å². The van der Waals surface area contributed by atoms with E-state index >= 15 is 0 Å². The maximum atomic E-state index is 14.2. The van der Waals surface area contributed by atoms with Gasteiger partial charge in [-0.25, -0.2) is 9.18 Å². The summed E-state index contributed by atoms with van der Waals surface area (Å²) in [6.45, 7) is 7.49. The van der Waals surface area contributed by atoms with Crippen molar-refractivity contribution in [2.24, 2.45) is 11.3 Å². The van der Waals surface area contributed by atoms with Crippen molar-refractivity contribution in [1.29, 1.82) is 0 Å². The standard InChI is InChI=1S/C27H33FN2O3/c1-27(2)11-8-20-14-18(19-5-7-23(32-3)22(28)15-19)4-6-21(20)25(27)29-26(31)33-24-16-30-12-9-17(24)10-13-30/h4-7,14-15,17,24-25H,8-13,16H2,1-3H3,(H,29,31)/t24-,25?/m1/s1. The van der Waals surface area contributed by atoms with Crippen LogP contribution in [0.5, 0.6) is 5.75 Å². The molecule has 1 amide bonds. The Morgan fingerprint density at radius 2 is 1.85 bits per heavy atom. The number of fused-ring (bicyclic) bond motifs is 4. The van der Waals surface area contributed by atoms with Crippen LogP contribution >= 0.6 is 0 Å². The number of amides is 1. The summed E-state index contributed by atoms with van der Waals surface area (Å²) in [7, 11) is 1.47. The van der Waals surface area contributed by atoms with Crippen LogP contribution in [0.25, 0.3) is 11.1 Å². The fourth-order valence-corrected chi connectivity index (χ4v) is 5.76. The molecule has 1 aliphatic carbocycles. The lowest BCUT2D eigenvalue weighted by Crippen LogP contribution is -2.53. The lowest BCUT2D eigenvalue weighted by molar-refractivity contribution is -0.0353. The van der Waals surface area contributed by atoms with Gasteiger partial charge in [-0.1, -0.05) is 38.1 Å². The van der Waals surface area contributed by atoms with Gasteiger partial charge in [0.1, 0.15) is 6.10 Å². The van der Waals surface area contributed by atoms with Gasteiger partial charge < -0.3 is 14.8 Å². The molecule has 6 heteroatoms. The van der Waals surface area contributed by atoms with Crippen LogP contribution in [0.4, 0.5) is 9.18 Å². The fraction of sp³-hybridized carbons (Fsp3) is 0.519. The molecule has 1 N–H and O–H groups in total. The fourth-order valence-electron chi connectivity index (χ4n) is 5.76. The van der Waals surface area contributed by atoms with Gasteiger partial charge in [-0.15, -0.1) is 0 Å². The molecule has 176 valence electrons. The van der Waals surface area contributed by atoms with E-state index in [0.29, 0.717) is 5.92 Å². The highest BCUT2D eigenvalue weighted by Crippen LogP contribution is 2.44. The van der Waals surface area contributed by atoms with Crippen molar-refractivity contribution in [1.82, 2.24) is 10.2 Å². The van der Waals surface area contributed by atoms with Gasteiger partial charge in [0.25, 0.3) is 0 Å². The Morgan fingerprint density at radius 3 is 2.52 bits per heavy atom. The molecule has 2 aromatic carbocycles. The van der Waals surface area contributed by atoms with Gasteiger partial charge >= 0.3 is 6.09 Å². The average Bonchev–Trinajstić information content (AvgIpc) is 2.81. The number of ether oxygens (including phenoxy) is 2. The minimum absolute atomic E-state index is 0.00832. The Hall–Kier alpha value is -2.60. The van der Waals surface area contributed by atoms with E-state index in [9.17, 15) is 9.18 Å². The summed E-state index contributed by atoms with van der Waals surface area (Å²) >= 11 is 0. The molecule has 0 spiro atoms. The number of methoxy groups -OCH3 is 1. The van der Waals surface area contributed by atoms with Crippen LogP contribution in [0.1, 0.15) is 50.3 Å². The Balaban J connectivity index is 1.35. The molecule has 3 aliphatic heterocycles. The van der Waals surface area contributed by atoms with Gasteiger partial charge in [-0.2, -0.15) is 0 Å². The van der Waals surface area contributed by atoms with Crippen molar-refractivity contribution < 1.29 is 18.7 Å². The smallest absolute Gasteiger partial charge is 0.407 e. The van der Waals surface area contributed by atoms with Crippen molar-refractivity contribution in [3.05, 3.63) is 53.3 Å². The van der Waals surface area contributed by atoms with E-state index in [1.807, 2.05) is 12.1 Å². The summed E-state index contributed by atoms with van der Waals surface area (Å²) in [5, 5.41) is 3.20. The average molecular weight is 453 g/mol. The molecule has 6 rings (SSSR count). The van der Waals surface area contributed by atoms with Crippen LogP contribution in [0.15, 0.2) is 36.4 Å². The first-order valence-corrected chi connectivity index (χ1v) is 12.0. The molecule has 5 nitrogen and oxygen atoms in total. The number of alkyl carbamates (subject to hydrolysis) is 1.